The summed E-state index contributed by atoms with van der Waals surface area (Å²) in [7, 11) is 1.56. The van der Waals surface area contributed by atoms with E-state index in [1.54, 1.807) is 7.05 Å². The third kappa shape index (κ3) is 2.49. The van der Waals surface area contributed by atoms with Gasteiger partial charge in [-0.05, 0) is 43.9 Å². The lowest BCUT2D eigenvalue weighted by molar-refractivity contribution is -0.165. The number of fused-ring (bicyclic) bond motifs is 2. The fourth-order valence-corrected chi connectivity index (χ4v) is 5.89. The Hall–Kier alpha value is -1.25. The van der Waals surface area contributed by atoms with Crippen LogP contribution < -0.4 is 10.6 Å². The average Bonchev–Trinajstić information content (AvgIpc) is 2.80. The number of nitrogens with one attached hydrogen (secondary N) is 2. The van der Waals surface area contributed by atoms with E-state index in [-0.39, 0.29) is 28.3 Å². The van der Waals surface area contributed by atoms with Gasteiger partial charge in [0.25, 0.3) is 5.91 Å². The fraction of sp³-hybridized carbons (Fsp3) is 0.824. The smallest absolute Gasteiger partial charge is 0.359 e. The van der Waals surface area contributed by atoms with Gasteiger partial charge in [-0.3, -0.25) is 9.59 Å². The van der Waals surface area contributed by atoms with Gasteiger partial charge in [0, 0.05) is 7.05 Å². The first-order chi connectivity index (χ1) is 11.8. The minimum Gasteiger partial charge on any atom is -0.359 e. The number of hydrogen-bond donors (Lipinski definition) is 2. The number of rotatable bonds is 2. The van der Waals surface area contributed by atoms with Crippen LogP contribution in [0.15, 0.2) is 4.99 Å². The van der Waals surface area contributed by atoms with E-state index in [4.69, 9.17) is 0 Å². The highest BCUT2D eigenvalue weighted by atomic mass is 32.2. The number of alkyl halides is 3. The minimum atomic E-state index is -4.70. The van der Waals surface area contributed by atoms with Gasteiger partial charge in [0.2, 0.25) is 5.91 Å². The van der Waals surface area contributed by atoms with Crippen LogP contribution in [-0.2, 0) is 9.59 Å². The maximum Gasteiger partial charge on any atom is 0.412 e. The molecular formula is C17H24F3N3O2S. The molecule has 3 saturated carbocycles. The van der Waals surface area contributed by atoms with E-state index in [9.17, 15) is 22.8 Å². The summed E-state index contributed by atoms with van der Waals surface area (Å²) < 4.78 is 37.3. The van der Waals surface area contributed by atoms with E-state index >= 15 is 0 Å². The van der Waals surface area contributed by atoms with Crippen LogP contribution >= 0.6 is 11.8 Å². The zero-order valence-corrected chi connectivity index (χ0v) is 16.3. The Kier molecular flexibility index (Phi) is 4.22. The van der Waals surface area contributed by atoms with Crippen molar-refractivity contribution in [3.63, 3.8) is 0 Å². The number of thioether (sulfide) groups is 1. The molecule has 4 aliphatic rings. The molecule has 2 N–H and O–H groups in total. The zero-order valence-electron chi connectivity index (χ0n) is 15.5. The number of halogens is 3. The van der Waals surface area contributed by atoms with Gasteiger partial charge in [-0.1, -0.05) is 25.6 Å². The molecule has 2 bridgehead atoms. The molecule has 9 heteroatoms. The third-order valence-corrected chi connectivity index (χ3v) is 8.03. The number of hydrogen-bond acceptors (Lipinski definition) is 4. The van der Waals surface area contributed by atoms with E-state index in [1.165, 1.54) is 0 Å². The van der Waals surface area contributed by atoms with Crippen molar-refractivity contribution in [2.24, 2.45) is 28.2 Å². The summed E-state index contributed by atoms with van der Waals surface area (Å²) >= 11 is 0.394. The van der Waals surface area contributed by atoms with E-state index in [1.807, 2.05) is 6.92 Å². The minimum absolute atomic E-state index is 0.0204. The standard InChI is InChI=1S/C17H24F3N3O2S/c1-14(2)8-6-9(11(24)21-5)15(3,10(14)7-8)23-13-22-12(25)16(4,26-13)17(18,19)20/h8-10H,6-7H2,1-5H3,(H,21,24)(H,22,23,25). The van der Waals surface area contributed by atoms with E-state index < -0.39 is 22.4 Å². The molecule has 5 atom stereocenters. The van der Waals surface area contributed by atoms with Crippen molar-refractivity contribution >= 4 is 28.7 Å². The van der Waals surface area contributed by atoms with Crippen LogP contribution in [-0.4, -0.2) is 40.5 Å². The van der Waals surface area contributed by atoms with Crippen LogP contribution in [0.25, 0.3) is 0 Å². The summed E-state index contributed by atoms with van der Waals surface area (Å²) in [5.41, 5.74) is -0.783. The molecular weight excluding hydrogens is 367 g/mol. The second-order valence-corrected chi connectivity index (χ2v) is 9.88. The second kappa shape index (κ2) is 5.62. The SMILES string of the molecule is CNC(=O)C1CC2CC(C2(C)C)C1(C)NC1=NC(=O)C(C)(C(F)(F)F)S1. The summed E-state index contributed by atoms with van der Waals surface area (Å²) in [6.45, 7) is 6.97. The number of carbonyl (C=O) groups is 2. The lowest BCUT2D eigenvalue weighted by Gasteiger charge is -2.66. The van der Waals surface area contributed by atoms with Gasteiger partial charge in [0.05, 0.1) is 11.5 Å². The normalized spacial score (nSPS) is 41.3. The predicted molar refractivity (Wildman–Crippen MR) is 93.6 cm³/mol. The van der Waals surface area contributed by atoms with Crippen molar-refractivity contribution in [2.75, 3.05) is 7.05 Å². The number of amidine groups is 1. The molecule has 0 radical (unpaired) electrons. The first-order valence-corrected chi connectivity index (χ1v) is 9.47. The van der Waals surface area contributed by atoms with Crippen molar-refractivity contribution in [1.82, 2.24) is 10.6 Å². The van der Waals surface area contributed by atoms with Gasteiger partial charge in [0.1, 0.15) is 0 Å². The zero-order chi connectivity index (χ0) is 19.7. The Morgan fingerprint density at radius 3 is 2.31 bits per heavy atom. The maximum absolute atomic E-state index is 13.3. The molecule has 26 heavy (non-hydrogen) atoms. The van der Waals surface area contributed by atoms with Gasteiger partial charge >= 0.3 is 6.18 Å². The Morgan fingerprint density at radius 1 is 1.23 bits per heavy atom. The van der Waals surface area contributed by atoms with Gasteiger partial charge in [-0.2, -0.15) is 18.2 Å². The Bertz CT molecular complexity index is 693. The molecule has 5 unspecified atom stereocenters. The average molecular weight is 391 g/mol. The van der Waals surface area contributed by atoms with E-state index in [0.29, 0.717) is 24.1 Å². The van der Waals surface area contributed by atoms with Crippen molar-refractivity contribution in [1.29, 1.82) is 0 Å². The van der Waals surface area contributed by atoms with Crippen LogP contribution in [0, 0.1) is 23.2 Å². The van der Waals surface area contributed by atoms with Crippen molar-refractivity contribution < 1.29 is 22.8 Å². The molecule has 0 aromatic heterocycles. The molecule has 1 heterocycles. The molecule has 1 aliphatic heterocycles. The molecule has 3 fully saturated rings. The quantitative estimate of drug-likeness (QED) is 0.759. The van der Waals surface area contributed by atoms with Crippen molar-refractivity contribution in [2.45, 2.75) is 57.0 Å². The predicted octanol–water partition coefficient (Wildman–Crippen LogP) is 2.71. The number of amides is 2. The van der Waals surface area contributed by atoms with Gasteiger partial charge < -0.3 is 10.6 Å². The van der Waals surface area contributed by atoms with E-state index in [2.05, 4.69) is 29.5 Å². The first-order valence-electron chi connectivity index (χ1n) is 8.66. The molecule has 146 valence electrons. The van der Waals surface area contributed by atoms with Crippen LogP contribution in [0.5, 0.6) is 0 Å². The molecule has 4 rings (SSSR count). The largest absolute Gasteiger partial charge is 0.412 e. The monoisotopic (exact) mass is 391 g/mol. The summed E-state index contributed by atoms with van der Waals surface area (Å²) in [4.78, 5) is 28.0. The van der Waals surface area contributed by atoms with Gasteiger partial charge in [-0.15, -0.1) is 0 Å². The number of carbonyl (C=O) groups excluding carboxylic acids is 2. The molecule has 0 saturated heterocycles. The van der Waals surface area contributed by atoms with Crippen molar-refractivity contribution in [3.05, 3.63) is 0 Å². The molecule has 3 aliphatic carbocycles. The Balaban J connectivity index is 1.90. The summed E-state index contributed by atoms with van der Waals surface area (Å²) in [6, 6.07) is 0. The molecule has 0 aromatic rings. The fourth-order valence-electron chi connectivity index (χ4n) is 4.86. The third-order valence-electron chi connectivity index (χ3n) is 6.83. The molecule has 5 nitrogen and oxygen atoms in total. The van der Waals surface area contributed by atoms with Gasteiger partial charge in [-0.25, -0.2) is 0 Å². The van der Waals surface area contributed by atoms with Gasteiger partial charge in [0.15, 0.2) is 9.91 Å². The highest BCUT2D eigenvalue weighted by molar-refractivity contribution is 8.16. The van der Waals surface area contributed by atoms with Crippen LogP contribution in [0.3, 0.4) is 0 Å². The van der Waals surface area contributed by atoms with Crippen LogP contribution in [0.1, 0.15) is 40.5 Å². The Labute approximate surface area is 154 Å². The first kappa shape index (κ1) is 19.5. The highest BCUT2D eigenvalue weighted by Gasteiger charge is 2.66. The Morgan fingerprint density at radius 2 is 1.85 bits per heavy atom. The lowest BCUT2D eigenvalue weighted by Crippen LogP contribution is -2.72. The molecule has 2 amide bonds. The van der Waals surface area contributed by atoms with Crippen LogP contribution in [0.4, 0.5) is 13.2 Å². The summed E-state index contributed by atoms with van der Waals surface area (Å²) in [5, 5.41) is 5.70. The topological polar surface area (TPSA) is 70.6 Å². The molecule has 0 spiro atoms. The highest BCUT2D eigenvalue weighted by Crippen LogP contribution is 2.64. The number of aliphatic imine (C=N–C) groups is 1. The number of nitrogens with zero attached hydrogens (tertiary/aromatic N) is 1. The lowest BCUT2D eigenvalue weighted by atomic mass is 9.40. The molecule has 0 aromatic carbocycles. The van der Waals surface area contributed by atoms with Crippen molar-refractivity contribution in [3.8, 4) is 0 Å². The maximum atomic E-state index is 13.3. The second-order valence-electron chi connectivity index (χ2n) is 8.47. The van der Waals surface area contributed by atoms with Crippen LogP contribution in [0.2, 0.25) is 0 Å². The summed E-state index contributed by atoms with van der Waals surface area (Å²) in [6.07, 6.45) is -3.13. The van der Waals surface area contributed by atoms with E-state index in [0.717, 1.165) is 13.3 Å². The summed E-state index contributed by atoms with van der Waals surface area (Å²) in [5.74, 6) is -1.23.